The van der Waals surface area contributed by atoms with Crippen molar-refractivity contribution in [1.29, 1.82) is 0 Å². The molecule has 1 N–H and O–H groups in total. The van der Waals surface area contributed by atoms with Crippen LogP contribution in [0.25, 0.3) is 9.75 Å². The number of nitrogens with zero attached hydrogens (tertiary/aromatic N) is 1. The van der Waals surface area contributed by atoms with E-state index in [9.17, 15) is 4.79 Å². The fourth-order valence-corrected chi connectivity index (χ4v) is 3.06. The van der Waals surface area contributed by atoms with Crippen LogP contribution in [0.2, 0.25) is 0 Å². The molecule has 2 heterocycles. The largest absolute Gasteiger partial charge is 0.365 e. The third-order valence-electron chi connectivity index (χ3n) is 1.92. The fourth-order valence-electron chi connectivity index (χ4n) is 1.24. The molecule has 0 atom stereocenters. The SMILES string of the molecule is CNc1nc(C(C)=O)c(-c2cccs2)s1. The first-order chi connectivity index (χ1) is 7.22. The molecule has 3 nitrogen and oxygen atoms in total. The molecule has 78 valence electrons. The Hall–Kier alpha value is -1.20. The average molecular weight is 238 g/mol. The van der Waals surface area contributed by atoms with Crippen molar-refractivity contribution in [3.63, 3.8) is 0 Å². The monoisotopic (exact) mass is 238 g/mol. The number of hydrogen-bond acceptors (Lipinski definition) is 5. The lowest BCUT2D eigenvalue weighted by Crippen LogP contribution is -1.95. The molecule has 0 spiro atoms. The van der Waals surface area contributed by atoms with E-state index in [0.29, 0.717) is 5.69 Å². The molecule has 0 unspecified atom stereocenters. The summed E-state index contributed by atoms with van der Waals surface area (Å²) >= 11 is 3.13. The molecule has 0 amide bonds. The van der Waals surface area contributed by atoms with Crippen LogP contribution in [0, 0.1) is 0 Å². The van der Waals surface area contributed by atoms with Crippen LogP contribution < -0.4 is 5.32 Å². The first kappa shape index (κ1) is 10.3. The highest BCUT2D eigenvalue weighted by Gasteiger charge is 2.16. The normalized spacial score (nSPS) is 10.3. The Morgan fingerprint density at radius 2 is 2.33 bits per heavy atom. The van der Waals surface area contributed by atoms with E-state index >= 15 is 0 Å². The molecular weight excluding hydrogens is 228 g/mol. The van der Waals surface area contributed by atoms with E-state index in [2.05, 4.69) is 10.3 Å². The molecular formula is C10H10N2OS2. The number of aromatic nitrogens is 1. The molecule has 2 rings (SSSR count). The topological polar surface area (TPSA) is 42.0 Å². The number of nitrogens with one attached hydrogen (secondary N) is 1. The van der Waals surface area contributed by atoms with Crippen molar-refractivity contribution >= 4 is 33.6 Å². The summed E-state index contributed by atoms with van der Waals surface area (Å²) in [6.45, 7) is 1.55. The first-order valence-corrected chi connectivity index (χ1v) is 6.15. The molecule has 2 aromatic heterocycles. The van der Waals surface area contributed by atoms with Crippen molar-refractivity contribution in [1.82, 2.24) is 4.98 Å². The molecule has 0 radical (unpaired) electrons. The van der Waals surface area contributed by atoms with Crippen molar-refractivity contribution in [3.8, 4) is 9.75 Å². The van der Waals surface area contributed by atoms with Crippen molar-refractivity contribution in [2.24, 2.45) is 0 Å². The standard InChI is InChI=1S/C10H10N2OS2/c1-6(13)8-9(7-4-3-5-14-7)15-10(11-2)12-8/h3-5H,1-2H3,(H,11,12). The Bertz CT molecular complexity index is 474. The second-order valence-corrected chi connectivity index (χ2v) is 4.93. The predicted octanol–water partition coefficient (Wildman–Crippen LogP) is 3.12. The van der Waals surface area contributed by atoms with E-state index < -0.39 is 0 Å². The number of hydrogen-bond donors (Lipinski definition) is 1. The van der Waals surface area contributed by atoms with Gasteiger partial charge in [-0.2, -0.15) is 0 Å². The zero-order valence-electron chi connectivity index (χ0n) is 8.40. The van der Waals surface area contributed by atoms with E-state index in [-0.39, 0.29) is 5.78 Å². The molecule has 5 heteroatoms. The highest BCUT2D eigenvalue weighted by Crippen LogP contribution is 2.35. The Morgan fingerprint density at radius 3 is 2.87 bits per heavy atom. The number of carbonyl (C=O) groups is 1. The van der Waals surface area contributed by atoms with Gasteiger partial charge in [-0.3, -0.25) is 4.79 Å². The summed E-state index contributed by atoms with van der Waals surface area (Å²) in [4.78, 5) is 17.7. The third kappa shape index (κ3) is 1.93. The first-order valence-electron chi connectivity index (χ1n) is 4.45. The van der Waals surface area contributed by atoms with Crippen molar-refractivity contribution in [3.05, 3.63) is 23.2 Å². The second kappa shape index (κ2) is 4.12. The lowest BCUT2D eigenvalue weighted by Gasteiger charge is -1.92. The van der Waals surface area contributed by atoms with Crippen molar-refractivity contribution < 1.29 is 4.79 Å². The third-order valence-corrected chi connectivity index (χ3v) is 4.04. The van der Waals surface area contributed by atoms with Gasteiger partial charge in [-0.1, -0.05) is 17.4 Å². The predicted molar refractivity (Wildman–Crippen MR) is 65.0 cm³/mol. The zero-order valence-corrected chi connectivity index (χ0v) is 10.0. The Morgan fingerprint density at radius 1 is 1.53 bits per heavy atom. The maximum absolute atomic E-state index is 11.4. The maximum atomic E-state index is 11.4. The summed E-state index contributed by atoms with van der Waals surface area (Å²) in [7, 11) is 1.81. The van der Waals surface area contributed by atoms with Crippen LogP contribution in [0.15, 0.2) is 17.5 Å². The molecule has 0 bridgehead atoms. The Balaban J connectivity index is 2.54. The van der Waals surface area contributed by atoms with E-state index in [1.165, 1.54) is 11.3 Å². The van der Waals surface area contributed by atoms with Crippen LogP contribution in [-0.4, -0.2) is 17.8 Å². The number of Topliss-reactive ketones (excluding diaryl/α,β-unsaturated/α-hetero) is 1. The van der Waals surface area contributed by atoms with Crippen LogP contribution in [0.1, 0.15) is 17.4 Å². The van der Waals surface area contributed by atoms with Gasteiger partial charge in [0.1, 0.15) is 5.69 Å². The Labute approximate surface area is 95.8 Å². The van der Waals surface area contributed by atoms with E-state index in [1.54, 1.807) is 25.3 Å². The average Bonchev–Trinajstić information content (AvgIpc) is 2.86. The molecule has 0 aliphatic rings. The van der Waals surface area contributed by atoms with Crippen LogP contribution in [0.5, 0.6) is 0 Å². The smallest absolute Gasteiger partial charge is 0.183 e. The molecule has 0 saturated carbocycles. The number of anilines is 1. The molecule has 0 saturated heterocycles. The van der Waals surface area contributed by atoms with Gasteiger partial charge in [-0.25, -0.2) is 4.98 Å². The van der Waals surface area contributed by atoms with E-state index in [4.69, 9.17) is 0 Å². The van der Waals surface area contributed by atoms with Gasteiger partial charge in [0, 0.05) is 18.8 Å². The second-order valence-electron chi connectivity index (χ2n) is 2.98. The fraction of sp³-hybridized carbons (Fsp3) is 0.200. The maximum Gasteiger partial charge on any atom is 0.183 e. The van der Waals surface area contributed by atoms with Gasteiger partial charge < -0.3 is 5.32 Å². The lowest BCUT2D eigenvalue weighted by molar-refractivity contribution is 0.101. The van der Waals surface area contributed by atoms with Crippen LogP contribution in [0.3, 0.4) is 0 Å². The van der Waals surface area contributed by atoms with Gasteiger partial charge in [0.05, 0.1) is 4.88 Å². The summed E-state index contributed by atoms with van der Waals surface area (Å²) in [5.41, 5.74) is 0.562. The van der Waals surface area contributed by atoms with Gasteiger partial charge in [0.2, 0.25) is 0 Å². The quantitative estimate of drug-likeness (QED) is 0.835. The zero-order chi connectivity index (χ0) is 10.8. The van der Waals surface area contributed by atoms with Crippen LogP contribution in [-0.2, 0) is 0 Å². The summed E-state index contributed by atoms with van der Waals surface area (Å²) in [6.07, 6.45) is 0. The highest BCUT2D eigenvalue weighted by molar-refractivity contribution is 7.23. The highest BCUT2D eigenvalue weighted by atomic mass is 32.1. The van der Waals surface area contributed by atoms with E-state index in [0.717, 1.165) is 14.9 Å². The van der Waals surface area contributed by atoms with Crippen molar-refractivity contribution in [2.45, 2.75) is 6.92 Å². The van der Waals surface area contributed by atoms with Gasteiger partial charge in [0.15, 0.2) is 10.9 Å². The van der Waals surface area contributed by atoms with Gasteiger partial charge in [-0.15, -0.1) is 11.3 Å². The van der Waals surface area contributed by atoms with Crippen molar-refractivity contribution in [2.75, 3.05) is 12.4 Å². The minimum Gasteiger partial charge on any atom is -0.365 e. The molecule has 0 aliphatic heterocycles. The number of thiophene rings is 1. The summed E-state index contributed by atoms with van der Waals surface area (Å²) < 4.78 is 0. The molecule has 15 heavy (non-hydrogen) atoms. The lowest BCUT2D eigenvalue weighted by atomic mass is 10.2. The van der Waals surface area contributed by atoms with Gasteiger partial charge >= 0.3 is 0 Å². The molecule has 0 aliphatic carbocycles. The summed E-state index contributed by atoms with van der Waals surface area (Å²) in [5, 5.41) is 5.74. The minimum atomic E-state index is 0.0103. The number of carbonyl (C=O) groups excluding carboxylic acids is 1. The molecule has 2 aromatic rings. The number of thiazole rings is 1. The van der Waals surface area contributed by atoms with E-state index in [1.807, 2.05) is 17.5 Å². The van der Waals surface area contributed by atoms with Gasteiger partial charge in [0.25, 0.3) is 0 Å². The minimum absolute atomic E-state index is 0.0103. The summed E-state index contributed by atoms with van der Waals surface area (Å²) in [5.74, 6) is 0.0103. The van der Waals surface area contributed by atoms with Crippen LogP contribution in [0.4, 0.5) is 5.13 Å². The molecule has 0 fully saturated rings. The molecule has 0 aromatic carbocycles. The van der Waals surface area contributed by atoms with Crippen LogP contribution >= 0.6 is 22.7 Å². The Kier molecular flexibility index (Phi) is 2.83. The number of rotatable bonds is 3. The summed E-state index contributed by atoms with van der Waals surface area (Å²) in [6, 6.07) is 3.98. The number of ketones is 1. The van der Waals surface area contributed by atoms with Gasteiger partial charge in [-0.05, 0) is 11.4 Å².